The van der Waals surface area contributed by atoms with E-state index in [4.69, 9.17) is 0 Å². The van der Waals surface area contributed by atoms with E-state index in [1.54, 1.807) is 18.3 Å². The largest absolute Gasteiger partial charge is 0.307 e. The first-order valence-corrected chi connectivity index (χ1v) is 8.49. The molecule has 0 N–H and O–H groups in total. The van der Waals surface area contributed by atoms with Crippen molar-refractivity contribution in [1.29, 1.82) is 0 Å². The van der Waals surface area contributed by atoms with E-state index in [1.165, 1.54) is 21.6 Å². The zero-order valence-electron chi connectivity index (χ0n) is 13.3. The molecule has 0 radical (unpaired) electrons. The maximum absolute atomic E-state index is 12.1. The topological polar surface area (TPSA) is 20.3 Å². The molecule has 116 valence electrons. The third kappa shape index (κ3) is 3.51. The molecule has 0 aliphatic rings. The number of rotatable bonds is 4. The van der Waals surface area contributed by atoms with Gasteiger partial charge in [0.2, 0.25) is 5.91 Å². The van der Waals surface area contributed by atoms with E-state index in [0.29, 0.717) is 6.54 Å². The summed E-state index contributed by atoms with van der Waals surface area (Å²) in [4.78, 5) is 15.2. The summed E-state index contributed by atoms with van der Waals surface area (Å²) in [6.45, 7) is 4.31. The molecule has 0 fully saturated rings. The minimum absolute atomic E-state index is 0.0608. The van der Waals surface area contributed by atoms with Crippen LogP contribution in [0.2, 0.25) is 0 Å². The highest BCUT2D eigenvalue weighted by atomic mass is 32.1. The molecule has 1 heterocycles. The molecule has 0 bridgehead atoms. The van der Waals surface area contributed by atoms with Crippen LogP contribution in [-0.4, -0.2) is 5.91 Å². The van der Waals surface area contributed by atoms with Gasteiger partial charge in [0, 0.05) is 17.2 Å². The molecule has 2 aromatic carbocycles. The Hall–Kier alpha value is -2.39. The van der Waals surface area contributed by atoms with Crippen molar-refractivity contribution in [2.75, 3.05) is 4.90 Å². The smallest absolute Gasteiger partial charge is 0.224 e. The summed E-state index contributed by atoms with van der Waals surface area (Å²) in [5.41, 5.74) is 4.53. The highest BCUT2D eigenvalue weighted by molar-refractivity contribution is 7.14. The van der Waals surface area contributed by atoms with Gasteiger partial charge in [0.05, 0.1) is 12.2 Å². The van der Waals surface area contributed by atoms with Crippen molar-refractivity contribution in [3.8, 4) is 10.4 Å². The average Bonchev–Trinajstić information content (AvgIpc) is 3.04. The molecule has 0 aliphatic carbocycles. The minimum atomic E-state index is 0.0608. The maximum atomic E-state index is 12.1. The Bertz CT molecular complexity index is 807. The molecule has 0 saturated carbocycles. The summed E-state index contributed by atoms with van der Waals surface area (Å²) in [5, 5.41) is 2.06. The van der Waals surface area contributed by atoms with Gasteiger partial charge in [0.25, 0.3) is 0 Å². The van der Waals surface area contributed by atoms with Crippen LogP contribution in [0.25, 0.3) is 10.4 Å². The quantitative estimate of drug-likeness (QED) is 0.640. The third-order valence-corrected chi connectivity index (χ3v) is 4.89. The highest BCUT2D eigenvalue weighted by Crippen LogP contribution is 2.32. The molecule has 3 heteroatoms. The Labute approximate surface area is 141 Å². The molecule has 0 aliphatic heterocycles. The lowest BCUT2D eigenvalue weighted by molar-refractivity contribution is -0.116. The van der Waals surface area contributed by atoms with Crippen LogP contribution in [0.15, 0.2) is 66.0 Å². The Kier molecular flexibility index (Phi) is 4.58. The van der Waals surface area contributed by atoms with Crippen molar-refractivity contribution >= 4 is 22.9 Å². The lowest BCUT2D eigenvalue weighted by Crippen LogP contribution is -2.27. The fourth-order valence-electron chi connectivity index (χ4n) is 2.56. The van der Waals surface area contributed by atoms with Crippen molar-refractivity contribution in [1.82, 2.24) is 0 Å². The molecule has 23 heavy (non-hydrogen) atoms. The number of carbonyl (C=O) groups is 1. The number of anilines is 1. The molecule has 1 aromatic heterocycles. The molecule has 3 aromatic rings. The second-order valence-electron chi connectivity index (χ2n) is 5.57. The lowest BCUT2D eigenvalue weighted by atomic mass is 10.1. The van der Waals surface area contributed by atoms with Gasteiger partial charge in [0.15, 0.2) is 0 Å². The van der Waals surface area contributed by atoms with Crippen LogP contribution in [0.5, 0.6) is 0 Å². The molecular weight excluding hydrogens is 302 g/mol. The standard InChI is InChI=1S/C20H19NOS/c1-15-8-6-7-11-18(15)13-21(16(2)22)19-12-20(23-14-19)17-9-4-3-5-10-17/h3-12,14H,13H2,1-2H3. The van der Waals surface area contributed by atoms with Gasteiger partial charge in [-0.15, -0.1) is 11.3 Å². The molecular formula is C20H19NOS. The normalized spacial score (nSPS) is 10.5. The molecule has 3 rings (SSSR count). The number of aryl methyl sites for hydroxylation is 1. The number of thiophene rings is 1. The van der Waals surface area contributed by atoms with E-state index in [2.05, 4.69) is 42.6 Å². The van der Waals surface area contributed by atoms with Crippen LogP contribution in [0.1, 0.15) is 18.1 Å². The summed E-state index contributed by atoms with van der Waals surface area (Å²) < 4.78 is 0. The zero-order valence-corrected chi connectivity index (χ0v) is 14.1. The monoisotopic (exact) mass is 321 g/mol. The Balaban J connectivity index is 1.89. The fourth-order valence-corrected chi connectivity index (χ4v) is 3.47. The lowest BCUT2D eigenvalue weighted by Gasteiger charge is -2.20. The summed E-state index contributed by atoms with van der Waals surface area (Å²) in [6.07, 6.45) is 0. The van der Waals surface area contributed by atoms with Gasteiger partial charge in [-0.25, -0.2) is 0 Å². The van der Waals surface area contributed by atoms with Gasteiger partial charge in [-0.05, 0) is 29.7 Å². The predicted octanol–water partition coefficient (Wildman–Crippen LogP) is 5.28. The number of amides is 1. The molecule has 2 nitrogen and oxygen atoms in total. The molecule has 0 saturated heterocycles. The number of carbonyl (C=O) groups excluding carboxylic acids is 1. The van der Waals surface area contributed by atoms with Gasteiger partial charge in [0.1, 0.15) is 0 Å². The van der Waals surface area contributed by atoms with Gasteiger partial charge >= 0.3 is 0 Å². The van der Waals surface area contributed by atoms with Gasteiger partial charge in [-0.2, -0.15) is 0 Å². The Morgan fingerprint density at radius 3 is 2.43 bits per heavy atom. The minimum Gasteiger partial charge on any atom is -0.307 e. The SMILES string of the molecule is CC(=O)N(Cc1ccccc1C)c1csc(-c2ccccc2)c1. The van der Waals surface area contributed by atoms with E-state index in [0.717, 1.165) is 5.69 Å². The van der Waals surface area contributed by atoms with Gasteiger partial charge in [-0.1, -0.05) is 54.6 Å². The van der Waals surface area contributed by atoms with Crippen LogP contribution in [0, 0.1) is 6.92 Å². The summed E-state index contributed by atoms with van der Waals surface area (Å²) in [5.74, 6) is 0.0608. The van der Waals surface area contributed by atoms with E-state index in [-0.39, 0.29) is 5.91 Å². The summed E-state index contributed by atoms with van der Waals surface area (Å²) >= 11 is 1.67. The van der Waals surface area contributed by atoms with Gasteiger partial charge < -0.3 is 4.90 Å². The molecule has 0 spiro atoms. The summed E-state index contributed by atoms with van der Waals surface area (Å²) in [7, 11) is 0. The van der Waals surface area contributed by atoms with Crippen molar-refractivity contribution in [2.24, 2.45) is 0 Å². The van der Waals surface area contributed by atoms with Crippen LogP contribution in [0.3, 0.4) is 0 Å². The Morgan fingerprint density at radius 2 is 1.74 bits per heavy atom. The first-order valence-electron chi connectivity index (χ1n) is 7.62. The van der Waals surface area contributed by atoms with E-state index < -0.39 is 0 Å². The average molecular weight is 321 g/mol. The first kappa shape index (κ1) is 15.5. The second-order valence-corrected chi connectivity index (χ2v) is 6.48. The predicted molar refractivity (Wildman–Crippen MR) is 97.8 cm³/mol. The highest BCUT2D eigenvalue weighted by Gasteiger charge is 2.15. The fraction of sp³-hybridized carbons (Fsp3) is 0.150. The zero-order chi connectivity index (χ0) is 16.2. The number of nitrogens with zero attached hydrogens (tertiary/aromatic N) is 1. The van der Waals surface area contributed by atoms with Crippen molar-refractivity contribution in [3.05, 3.63) is 77.2 Å². The van der Waals surface area contributed by atoms with E-state index in [1.807, 2.05) is 35.2 Å². The number of benzene rings is 2. The van der Waals surface area contributed by atoms with Gasteiger partial charge in [-0.3, -0.25) is 4.79 Å². The van der Waals surface area contributed by atoms with Crippen molar-refractivity contribution < 1.29 is 4.79 Å². The third-order valence-electron chi connectivity index (χ3n) is 3.93. The number of hydrogen-bond acceptors (Lipinski definition) is 2. The maximum Gasteiger partial charge on any atom is 0.224 e. The van der Waals surface area contributed by atoms with Crippen LogP contribution < -0.4 is 4.90 Å². The first-order chi connectivity index (χ1) is 11.1. The molecule has 0 atom stereocenters. The van der Waals surface area contributed by atoms with Crippen molar-refractivity contribution in [2.45, 2.75) is 20.4 Å². The summed E-state index contributed by atoms with van der Waals surface area (Å²) in [6, 6.07) is 20.6. The van der Waals surface area contributed by atoms with E-state index >= 15 is 0 Å². The number of hydrogen-bond donors (Lipinski definition) is 0. The van der Waals surface area contributed by atoms with Crippen molar-refractivity contribution in [3.63, 3.8) is 0 Å². The van der Waals surface area contributed by atoms with Crippen LogP contribution in [0.4, 0.5) is 5.69 Å². The van der Waals surface area contributed by atoms with Crippen LogP contribution >= 0.6 is 11.3 Å². The Morgan fingerprint density at radius 1 is 1.04 bits per heavy atom. The second kappa shape index (κ2) is 6.80. The van der Waals surface area contributed by atoms with E-state index in [9.17, 15) is 4.79 Å². The van der Waals surface area contributed by atoms with Crippen LogP contribution in [-0.2, 0) is 11.3 Å². The molecule has 0 unspecified atom stereocenters. The molecule has 1 amide bonds.